The van der Waals surface area contributed by atoms with Crippen LogP contribution in [0.4, 0.5) is 4.39 Å². The topological polar surface area (TPSA) is 80.7 Å². The molecule has 1 aliphatic rings. The highest BCUT2D eigenvalue weighted by molar-refractivity contribution is 7.92. The number of methoxy groups -OCH3 is 1. The Kier molecular flexibility index (Phi) is 4.62. The number of carboxylic acids is 1. The molecule has 2 aromatic rings. The summed E-state index contributed by atoms with van der Waals surface area (Å²) in [5.41, 5.74) is -0.417. The number of halogens is 1. The Morgan fingerprint density at radius 3 is 2.42 bits per heavy atom. The quantitative estimate of drug-likeness (QED) is 0.836. The number of carbonyl (C=O) groups is 1. The fourth-order valence-corrected chi connectivity index (χ4v) is 5.99. The molecule has 0 heterocycles. The number of hydrogen-bond donors (Lipinski definition) is 1. The highest BCUT2D eigenvalue weighted by Crippen LogP contribution is 2.64. The smallest absolute Gasteiger partial charge is 0.314 e. The zero-order valence-electron chi connectivity index (χ0n) is 14.3. The second-order valence-electron chi connectivity index (χ2n) is 6.59. The van der Waals surface area contributed by atoms with E-state index in [4.69, 9.17) is 4.74 Å². The highest BCUT2D eigenvalue weighted by atomic mass is 32.2. The van der Waals surface area contributed by atoms with E-state index < -0.39 is 38.2 Å². The van der Waals surface area contributed by atoms with E-state index in [-0.39, 0.29) is 11.5 Å². The Balaban J connectivity index is 2.13. The van der Waals surface area contributed by atoms with Gasteiger partial charge in [-0.3, -0.25) is 4.79 Å². The second-order valence-corrected chi connectivity index (χ2v) is 8.66. The maximum absolute atomic E-state index is 13.7. The summed E-state index contributed by atoms with van der Waals surface area (Å²) in [5, 5.41) is 8.60. The summed E-state index contributed by atoms with van der Waals surface area (Å²) in [7, 11) is -2.63. The number of carboxylic acid groups (broad SMARTS) is 1. The van der Waals surface area contributed by atoms with Crippen molar-refractivity contribution in [3.05, 3.63) is 65.5 Å². The molecule has 3 rings (SSSR count). The third-order valence-corrected chi connectivity index (χ3v) is 7.22. The van der Waals surface area contributed by atoms with Gasteiger partial charge in [-0.2, -0.15) is 0 Å². The van der Waals surface area contributed by atoms with Crippen LogP contribution in [0.3, 0.4) is 0 Å². The maximum Gasteiger partial charge on any atom is 0.314 e. The lowest BCUT2D eigenvalue weighted by Crippen LogP contribution is -2.28. The normalized spacial score (nSPS) is 25.0. The molecule has 1 aliphatic carbocycles. The predicted molar refractivity (Wildman–Crippen MR) is 93.2 cm³/mol. The van der Waals surface area contributed by atoms with E-state index in [1.54, 1.807) is 18.2 Å². The van der Waals surface area contributed by atoms with Gasteiger partial charge in [0.1, 0.15) is 11.2 Å². The van der Waals surface area contributed by atoms with Crippen molar-refractivity contribution in [3.8, 4) is 0 Å². The Labute approximate surface area is 151 Å². The Morgan fingerprint density at radius 1 is 1.23 bits per heavy atom. The highest BCUT2D eigenvalue weighted by Gasteiger charge is 2.76. The first-order valence-electron chi connectivity index (χ1n) is 8.03. The van der Waals surface area contributed by atoms with Gasteiger partial charge < -0.3 is 9.84 Å². The van der Waals surface area contributed by atoms with E-state index in [0.717, 1.165) is 5.56 Å². The van der Waals surface area contributed by atoms with Crippen molar-refractivity contribution >= 4 is 15.8 Å². The van der Waals surface area contributed by atoms with Crippen molar-refractivity contribution in [3.63, 3.8) is 0 Å². The third kappa shape index (κ3) is 2.81. The fourth-order valence-electron chi connectivity index (χ4n) is 3.63. The molecule has 0 unspecified atom stereocenters. The molecule has 7 heteroatoms. The van der Waals surface area contributed by atoms with E-state index in [0.29, 0.717) is 5.56 Å². The summed E-state index contributed by atoms with van der Waals surface area (Å²) in [6.07, 6.45) is 0. The molecule has 0 radical (unpaired) electrons. The summed E-state index contributed by atoms with van der Waals surface area (Å²) < 4.78 is 45.0. The van der Waals surface area contributed by atoms with Gasteiger partial charge in [0.25, 0.3) is 0 Å². The minimum Gasteiger partial charge on any atom is -0.481 e. The standard InChI is InChI=1S/C19H19FO5S/c1-12-6-8-15(9-7-12)26(23,24)17-16(13-4-3-5-14(20)10-13)19(17,11-25-2)18(21)22/h3-10,16-17H,11H2,1-2H3,(H,21,22)/t16-,17+,19-/m1/s1. The molecule has 1 fully saturated rings. The van der Waals surface area contributed by atoms with Crippen LogP contribution in [0.1, 0.15) is 17.0 Å². The molecule has 138 valence electrons. The number of hydrogen-bond acceptors (Lipinski definition) is 4. The first-order valence-corrected chi connectivity index (χ1v) is 9.58. The minimum absolute atomic E-state index is 0.0498. The Bertz CT molecular complexity index is 939. The van der Waals surface area contributed by atoms with E-state index >= 15 is 0 Å². The molecule has 1 N–H and O–H groups in total. The van der Waals surface area contributed by atoms with Crippen LogP contribution >= 0.6 is 0 Å². The van der Waals surface area contributed by atoms with E-state index in [2.05, 4.69) is 0 Å². The molecule has 0 aliphatic heterocycles. The van der Waals surface area contributed by atoms with Crippen molar-refractivity contribution in [2.24, 2.45) is 5.41 Å². The van der Waals surface area contributed by atoms with Crippen molar-refractivity contribution in [2.45, 2.75) is 23.0 Å². The molecule has 0 bridgehead atoms. The van der Waals surface area contributed by atoms with Crippen molar-refractivity contribution in [2.75, 3.05) is 13.7 Å². The number of rotatable bonds is 6. The molecule has 0 amide bonds. The number of sulfone groups is 1. The van der Waals surface area contributed by atoms with Gasteiger partial charge >= 0.3 is 5.97 Å². The third-order valence-electron chi connectivity index (χ3n) is 4.93. The Morgan fingerprint density at radius 2 is 1.88 bits per heavy atom. The molecule has 0 spiro atoms. The zero-order valence-corrected chi connectivity index (χ0v) is 15.2. The molecular formula is C19H19FO5S. The molecule has 5 nitrogen and oxygen atoms in total. The molecule has 3 atom stereocenters. The van der Waals surface area contributed by atoms with Crippen LogP contribution in [0.15, 0.2) is 53.4 Å². The van der Waals surface area contributed by atoms with Crippen LogP contribution in [0, 0.1) is 18.2 Å². The van der Waals surface area contributed by atoms with Gasteiger partial charge in [-0.25, -0.2) is 12.8 Å². The van der Waals surface area contributed by atoms with Crippen molar-refractivity contribution in [1.82, 2.24) is 0 Å². The lowest BCUT2D eigenvalue weighted by molar-refractivity contribution is -0.145. The van der Waals surface area contributed by atoms with Crippen LogP contribution in [0.25, 0.3) is 0 Å². The first-order chi connectivity index (χ1) is 12.2. The van der Waals surface area contributed by atoms with Crippen molar-refractivity contribution < 1.29 is 27.4 Å². The predicted octanol–water partition coefficient (Wildman–Crippen LogP) is 2.79. The van der Waals surface area contributed by atoms with Crippen LogP contribution < -0.4 is 0 Å². The summed E-state index contributed by atoms with van der Waals surface area (Å²) in [6, 6.07) is 11.6. The SMILES string of the molecule is COC[C@@]1(C(=O)O)[C@H](c2cccc(F)c2)[C@@H]1S(=O)(=O)c1ccc(C)cc1. The lowest BCUT2D eigenvalue weighted by atomic mass is 10.00. The van der Waals surface area contributed by atoms with E-state index in [1.165, 1.54) is 37.4 Å². The largest absolute Gasteiger partial charge is 0.481 e. The van der Waals surface area contributed by atoms with Crippen LogP contribution in [0.5, 0.6) is 0 Å². The molecule has 0 saturated heterocycles. The minimum atomic E-state index is -3.95. The monoisotopic (exact) mass is 378 g/mol. The van der Waals surface area contributed by atoms with Crippen molar-refractivity contribution in [1.29, 1.82) is 0 Å². The van der Waals surface area contributed by atoms with Crippen LogP contribution in [-0.2, 0) is 19.4 Å². The van der Waals surface area contributed by atoms with Gasteiger partial charge in [0, 0.05) is 13.0 Å². The van der Waals surface area contributed by atoms with Gasteiger partial charge in [0.15, 0.2) is 9.84 Å². The fraction of sp³-hybridized carbons (Fsp3) is 0.316. The van der Waals surface area contributed by atoms with Crippen LogP contribution in [0.2, 0.25) is 0 Å². The molecule has 1 saturated carbocycles. The van der Waals surface area contributed by atoms with Gasteiger partial charge in [-0.1, -0.05) is 29.8 Å². The molecule has 26 heavy (non-hydrogen) atoms. The lowest BCUT2D eigenvalue weighted by Gasteiger charge is -2.12. The summed E-state index contributed by atoms with van der Waals surface area (Å²) in [5.74, 6) is -2.70. The van der Waals surface area contributed by atoms with E-state index in [9.17, 15) is 22.7 Å². The van der Waals surface area contributed by atoms with Gasteiger partial charge in [0.2, 0.25) is 0 Å². The maximum atomic E-state index is 13.7. The zero-order chi connectivity index (χ0) is 19.1. The average molecular weight is 378 g/mol. The van der Waals surface area contributed by atoms with Gasteiger partial charge in [-0.15, -0.1) is 0 Å². The number of ether oxygens (including phenoxy) is 1. The Hall–Kier alpha value is -2.25. The molecule has 2 aromatic carbocycles. The molecule has 0 aromatic heterocycles. The summed E-state index contributed by atoms with van der Waals surface area (Å²) in [6.45, 7) is 1.55. The van der Waals surface area contributed by atoms with E-state index in [1.807, 2.05) is 6.92 Å². The first kappa shape index (κ1) is 18.5. The van der Waals surface area contributed by atoms with Gasteiger partial charge in [-0.05, 0) is 36.8 Å². The number of aryl methyl sites for hydroxylation is 1. The van der Waals surface area contributed by atoms with Crippen LogP contribution in [-0.4, -0.2) is 38.5 Å². The second kappa shape index (κ2) is 6.48. The summed E-state index contributed by atoms with van der Waals surface area (Å²) in [4.78, 5) is 12.1. The summed E-state index contributed by atoms with van der Waals surface area (Å²) >= 11 is 0. The average Bonchev–Trinajstić information content (AvgIpc) is 3.27. The number of aliphatic carboxylic acids is 1. The molecular weight excluding hydrogens is 359 g/mol. The van der Waals surface area contributed by atoms with Gasteiger partial charge in [0.05, 0.1) is 16.8 Å². The number of benzene rings is 2.